The Morgan fingerprint density at radius 2 is 2.21 bits per heavy atom. The molecule has 0 saturated carbocycles. The molecule has 0 fully saturated rings. The van der Waals surface area contributed by atoms with E-state index in [0.29, 0.717) is 42.2 Å². The zero-order chi connectivity index (χ0) is 23.2. The molecule has 3 aromatic rings. The fourth-order valence-corrected chi connectivity index (χ4v) is 4.43. The summed E-state index contributed by atoms with van der Waals surface area (Å²) in [5.41, 5.74) is 7.67. The van der Waals surface area contributed by atoms with Crippen molar-refractivity contribution in [1.29, 1.82) is 0 Å². The number of hydrogen-bond donors (Lipinski definition) is 2. The summed E-state index contributed by atoms with van der Waals surface area (Å²) in [4.78, 5) is 35.6. The molecule has 3 N–H and O–H groups in total. The largest absolute Gasteiger partial charge is 0.458 e. The molecule has 1 aromatic carbocycles. The molecule has 0 unspecified atom stereocenters. The molecule has 9 heteroatoms. The number of nitrogens with zero attached hydrogens (tertiary/aromatic N) is 3. The van der Waals surface area contributed by atoms with Crippen LogP contribution in [0, 0.1) is 0 Å². The second-order valence-corrected chi connectivity index (χ2v) is 8.22. The summed E-state index contributed by atoms with van der Waals surface area (Å²) in [6.45, 7) is 2.87. The minimum Gasteiger partial charge on any atom is -0.458 e. The number of ether oxygens (including phenoxy) is 1. The number of pyridine rings is 2. The minimum absolute atomic E-state index is 0.107. The van der Waals surface area contributed by atoms with E-state index in [1.165, 1.54) is 0 Å². The molecular weight excluding hydrogens is 424 g/mol. The van der Waals surface area contributed by atoms with Crippen LogP contribution in [0.3, 0.4) is 0 Å². The van der Waals surface area contributed by atoms with Gasteiger partial charge in [0.15, 0.2) is 5.60 Å². The highest BCUT2D eigenvalue weighted by atomic mass is 16.6. The number of fused-ring (bicyclic) bond motifs is 5. The van der Waals surface area contributed by atoms with Crippen LogP contribution < -0.4 is 11.3 Å². The molecule has 0 aliphatic carbocycles. The highest BCUT2D eigenvalue weighted by molar-refractivity contribution is 5.99. The van der Waals surface area contributed by atoms with Crippen LogP contribution in [-0.2, 0) is 33.1 Å². The van der Waals surface area contributed by atoms with Crippen molar-refractivity contribution in [3.05, 3.63) is 62.9 Å². The fraction of sp³-hybridized carbons (Fsp3) is 0.333. The Labute approximate surface area is 189 Å². The van der Waals surface area contributed by atoms with Crippen molar-refractivity contribution in [3.63, 3.8) is 0 Å². The number of oxime groups is 1. The Hall–Kier alpha value is -3.56. The molecule has 4 heterocycles. The Balaban J connectivity index is 1.61. The summed E-state index contributed by atoms with van der Waals surface area (Å²) in [7, 11) is 0. The maximum Gasteiger partial charge on any atom is 0.343 e. The van der Waals surface area contributed by atoms with Crippen molar-refractivity contribution in [2.45, 2.75) is 38.5 Å². The van der Waals surface area contributed by atoms with E-state index in [4.69, 9.17) is 20.3 Å². The summed E-state index contributed by atoms with van der Waals surface area (Å²) in [6, 6.07) is 9.40. The lowest BCUT2D eigenvalue weighted by Gasteiger charge is -2.31. The number of esters is 1. The smallest absolute Gasteiger partial charge is 0.343 e. The Bertz CT molecular complexity index is 1360. The van der Waals surface area contributed by atoms with Gasteiger partial charge < -0.3 is 25.0 Å². The van der Waals surface area contributed by atoms with Gasteiger partial charge in [0.1, 0.15) is 13.2 Å². The van der Waals surface area contributed by atoms with Gasteiger partial charge >= 0.3 is 5.97 Å². The van der Waals surface area contributed by atoms with Crippen molar-refractivity contribution in [1.82, 2.24) is 9.55 Å². The molecule has 0 saturated heterocycles. The number of nitrogens with two attached hydrogens (primary N) is 1. The van der Waals surface area contributed by atoms with Gasteiger partial charge in [-0.1, -0.05) is 24.2 Å². The Kier molecular flexibility index (Phi) is 5.22. The number of cyclic esters (lactones) is 1. The standard InChI is InChI=1S/C24H24N4O5/c1-2-24(31)18-10-20-21-15(12-28(20)22(29)17(18)13-32-23(24)30)9-16-14(5-3-6-19(16)27-21)11-26-33-8-4-7-25/h3,5-6,9-11,31H,2,4,7-8,12-13,25H2,1H3/b26-11-/t24-/m0/s1. The third-order valence-electron chi connectivity index (χ3n) is 6.29. The minimum atomic E-state index is -1.84. The molecule has 0 spiro atoms. The first-order valence-corrected chi connectivity index (χ1v) is 10.9. The van der Waals surface area contributed by atoms with Gasteiger partial charge in [-0.2, -0.15) is 0 Å². The van der Waals surface area contributed by atoms with E-state index in [-0.39, 0.29) is 18.6 Å². The van der Waals surface area contributed by atoms with E-state index < -0.39 is 11.6 Å². The first-order valence-electron chi connectivity index (χ1n) is 10.9. The normalized spacial score (nSPS) is 18.8. The number of aliphatic hydroxyl groups is 1. The van der Waals surface area contributed by atoms with E-state index in [1.807, 2.05) is 24.3 Å². The van der Waals surface area contributed by atoms with Crippen LogP contribution in [0.1, 0.15) is 42.0 Å². The van der Waals surface area contributed by atoms with Gasteiger partial charge in [-0.3, -0.25) is 4.79 Å². The summed E-state index contributed by atoms with van der Waals surface area (Å²) < 4.78 is 6.74. The van der Waals surface area contributed by atoms with Gasteiger partial charge in [-0.25, -0.2) is 9.78 Å². The topological polar surface area (TPSA) is 129 Å². The average Bonchev–Trinajstić information content (AvgIpc) is 3.18. The number of carbonyl (C=O) groups is 1. The van der Waals surface area contributed by atoms with Crippen molar-refractivity contribution in [3.8, 4) is 11.4 Å². The van der Waals surface area contributed by atoms with Crippen LogP contribution in [0.2, 0.25) is 0 Å². The number of rotatable bonds is 6. The van der Waals surface area contributed by atoms with E-state index in [9.17, 15) is 14.7 Å². The highest BCUT2D eigenvalue weighted by Gasteiger charge is 2.45. The summed E-state index contributed by atoms with van der Waals surface area (Å²) >= 11 is 0. The van der Waals surface area contributed by atoms with Gasteiger partial charge in [0.25, 0.3) is 5.56 Å². The number of aromatic nitrogens is 2. The molecule has 170 valence electrons. The summed E-state index contributed by atoms with van der Waals surface area (Å²) in [5.74, 6) is -0.732. The maximum atomic E-state index is 13.3. The van der Waals surface area contributed by atoms with Crippen LogP contribution >= 0.6 is 0 Å². The Morgan fingerprint density at radius 3 is 3.00 bits per heavy atom. The van der Waals surface area contributed by atoms with Gasteiger partial charge in [0.05, 0.1) is 35.2 Å². The lowest BCUT2D eigenvalue weighted by Crippen LogP contribution is -2.44. The fourth-order valence-electron chi connectivity index (χ4n) is 4.43. The molecule has 0 amide bonds. The van der Waals surface area contributed by atoms with Gasteiger partial charge in [0.2, 0.25) is 0 Å². The lowest BCUT2D eigenvalue weighted by molar-refractivity contribution is -0.172. The maximum absolute atomic E-state index is 13.3. The van der Waals surface area contributed by atoms with Gasteiger partial charge in [0, 0.05) is 22.1 Å². The number of benzene rings is 1. The van der Waals surface area contributed by atoms with Crippen LogP contribution in [0.25, 0.3) is 22.3 Å². The monoisotopic (exact) mass is 448 g/mol. The molecule has 5 rings (SSSR count). The van der Waals surface area contributed by atoms with E-state index >= 15 is 0 Å². The van der Waals surface area contributed by atoms with E-state index in [1.54, 1.807) is 23.8 Å². The molecule has 0 radical (unpaired) electrons. The summed E-state index contributed by atoms with van der Waals surface area (Å²) in [5, 5.41) is 15.9. The molecule has 2 aromatic heterocycles. The highest BCUT2D eigenvalue weighted by Crippen LogP contribution is 2.38. The van der Waals surface area contributed by atoms with Crippen LogP contribution in [0.5, 0.6) is 0 Å². The number of carbonyl (C=O) groups excluding carboxylic acids is 1. The van der Waals surface area contributed by atoms with E-state index in [0.717, 1.165) is 28.5 Å². The molecule has 2 aliphatic rings. The third-order valence-corrected chi connectivity index (χ3v) is 6.29. The predicted molar refractivity (Wildman–Crippen MR) is 122 cm³/mol. The van der Waals surface area contributed by atoms with Gasteiger partial charge in [-0.15, -0.1) is 0 Å². The van der Waals surface area contributed by atoms with Crippen molar-refractivity contribution >= 4 is 23.1 Å². The van der Waals surface area contributed by atoms with Gasteiger partial charge in [-0.05, 0) is 37.6 Å². The van der Waals surface area contributed by atoms with E-state index in [2.05, 4.69) is 5.16 Å². The van der Waals surface area contributed by atoms with Crippen LogP contribution in [0.15, 0.2) is 40.3 Å². The second kappa shape index (κ2) is 8.09. The molecule has 0 bridgehead atoms. The predicted octanol–water partition coefficient (Wildman–Crippen LogP) is 1.78. The zero-order valence-electron chi connectivity index (χ0n) is 18.2. The number of hydrogen-bond acceptors (Lipinski definition) is 8. The SMILES string of the molecule is CC[C@@]1(O)C(=O)OCc2c1cc1n(c2=O)Cc2cc3c(/C=N\OCCCN)cccc3nc2-1. The first kappa shape index (κ1) is 21.3. The Morgan fingerprint density at radius 1 is 1.36 bits per heavy atom. The average molecular weight is 448 g/mol. The van der Waals surface area contributed by atoms with Crippen LogP contribution in [-0.4, -0.2) is 40.0 Å². The quantitative estimate of drug-likeness (QED) is 0.199. The summed E-state index contributed by atoms with van der Waals surface area (Å²) in [6.07, 6.45) is 2.47. The van der Waals surface area contributed by atoms with Crippen molar-refractivity contribution in [2.75, 3.05) is 13.2 Å². The molecule has 1 atom stereocenters. The molecule has 33 heavy (non-hydrogen) atoms. The lowest BCUT2D eigenvalue weighted by atomic mass is 9.86. The van der Waals surface area contributed by atoms with Crippen molar-refractivity contribution in [2.24, 2.45) is 10.9 Å². The van der Waals surface area contributed by atoms with Crippen LogP contribution in [0.4, 0.5) is 0 Å². The molecule has 9 nitrogen and oxygen atoms in total. The zero-order valence-corrected chi connectivity index (χ0v) is 18.2. The molecule has 2 aliphatic heterocycles. The first-order chi connectivity index (χ1) is 16.0. The van der Waals surface area contributed by atoms with Crippen molar-refractivity contribution < 1.29 is 19.5 Å². The third kappa shape index (κ3) is 3.32. The second-order valence-electron chi connectivity index (χ2n) is 8.22. The molecular formula is C24H24N4O5.